The highest BCUT2D eigenvalue weighted by Crippen LogP contribution is 2.90. The molecule has 6 rings (SSSR count). The van der Waals surface area contributed by atoms with Crippen LogP contribution in [-0.2, 0) is 0 Å². The summed E-state index contributed by atoms with van der Waals surface area (Å²) in [6.45, 7) is 100. The largest absolute Gasteiger partial charge is 0.133 e. The van der Waals surface area contributed by atoms with Gasteiger partial charge in [-0.15, -0.1) is 30.6 Å². The summed E-state index contributed by atoms with van der Waals surface area (Å²) in [6.07, 6.45) is -7.78. The van der Waals surface area contributed by atoms with Crippen LogP contribution < -0.4 is 0 Å². The molecule has 4 bridgehead atoms. The molecule has 6 saturated heterocycles. The standard InChI is InChI=1S/C60H140Br2Si14/c1-47(2)35-65(36-48(3)4)73(63(29,30)31)66(37-49(5)6,38-50(7)8)75(65,67(73,39-51(9)10)40-52(11)12)71(61,59(25)26)72(62,60(27)28)76-68(41-53(13)14,42-54(15)16)74(64(32,33)34,69(76,43-55(17)18)44-56(19)20)70(76,45-57(21)22)46-58(23)24/h47-60H,35-46H2,1-34H3. The number of hydrogen-bond acceptors (Lipinski definition) is 0. The molecule has 2 unspecified atom stereocenters. The molecule has 0 saturated carbocycles. The van der Waals surface area contributed by atoms with Crippen LogP contribution in [0, 0.1) is 71.0 Å². The lowest BCUT2D eigenvalue weighted by molar-refractivity contribution is 0.673. The van der Waals surface area contributed by atoms with Crippen LogP contribution in [0.3, 0.4) is 0 Å². The van der Waals surface area contributed by atoms with Gasteiger partial charge in [0.05, 0.1) is 0 Å². The van der Waals surface area contributed by atoms with Crippen molar-refractivity contribution < 1.29 is 0 Å². The van der Waals surface area contributed by atoms with Gasteiger partial charge in [-0.1, -0.05) is 306 Å². The second-order valence-electron chi connectivity index (χ2n) is 36.9. The van der Waals surface area contributed by atoms with Crippen LogP contribution in [0.2, 0.25) is 123 Å². The highest BCUT2D eigenvalue weighted by atomic mass is 79.9. The van der Waals surface area contributed by atoms with E-state index in [4.69, 9.17) is 30.6 Å². The van der Waals surface area contributed by atoms with E-state index in [0.29, 0.717) is 0 Å². The number of hydrogen-bond donors (Lipinski definition) is 0. The first-order chi connectivity index (χ1) is 34.1. The van der Waals surface area contributed by atoms with Crippen LogP contribution in [0.25, 0.3) is 0 Å². The SMILES string of the molecule is CC(C)C[Si]1(CC(C)C)[Si]2([Si](C)(C)C)[Si](CC(C)C)(CC(C)C)[Si]1([Si](Br)(C(C)C)[Si](Br)(C(C)C)[Si]13[Si](CC(C)C)(CC(C)C)[Si]([Si](C)(C)C)([Si]1(CC(C)C)CC(C)C)[Si]3(CC(C)C)CC(C)C)[Si]2(CC(C)C)CC(C)C. The zero-order valence-corrected chi connectivity index (χ0v) is 75.5. The van der Waals surface area contributed by atoms with Crippen molar-refractivity contribution in [2.75, 3.05) is 0 Å². The first-order valence-electron chi connectivity index (χ1n) is 33.5. The zero-order chi connectivity index (χ0) is 59.6. The van der Waals surface area contributed by atoms with Crippen LogP contribution in [0.4, 0.5) is 0 Å². The van der Waals surface area contributed by atoms with Gasteiger partial charge in [0.15, 0.2) is 0 Å². The van der Waals surface area contributed by atoms with E-state index in [1.807, 2.05) is 0 Å². The average Bonchev–Trinajstić information content (AvgIpc) is 3.12. The summed E-state index contributed by atoms with van der Waals surface area (Å²) in [6, 6.07) is 21.6. The molecule has 0 nitrogen and oxygen atoms in total. The second-order valence-corrected chi connectivity index (χ2v) is 228. The molecule has 6 aliphatic rings. The lowest BCUT2D eigenvalue weighted by Gasteiger charge is -3.09. The molecule has 6 aliphatic heterocycles. The molecule has 0 amide bonds. The molecule has 6 fully saturated rings. The second kappa shape index (κ2) is 23.8. The Kier molecular flexibility index (Phi) is 22.7. The van der Waals surface area contributed by atoms with Crippen molar-refractivity contribution in [3.8, 4) is 0 Å². The van der Waals surface area contributed by atoms with E-state index in [2.05, 4.69) is 233 Å². The third kappa shape index (κ3) is 8.82. The van der Waals surface area contributed by atoms with E-state index < -0.39 is 93.9 Å². The minimum Gasteiger partial charge on any atom is -0.133 e. The van der Waals surface area contributed by atoms with Gasteiger partial charge in [-0.25, -0.2) is 0 Å². The molecule has 450 valence electrons. The maximum absolute atomic E-state index is 6.44. The number of halogens is 2. The van der Waals surface area contributed by atoms with E-state index >= 15 is 0 Å². The quantitative estimate of drug-likeness (QED) is 0.0479. The first-order valence-corrected chi connectivity index (χ1v) is 88.7. The lowest BCUT2D eigenvalue weighted by Crippen LogP contribution is -3.42. The van der Waals surface area contributed by atoms with Crippen molar-refractivity contribution in [2.45, 2.75) is 317 Å². The lowest BCUT2D eigenvalue weighted by atomic mass is 10.3. The number of rotatable bonds is 31. The van der Waals surface area contributed by atoms with Crippen LogP contribution in [-0.4, -0.2) is 93.9 Å². The van der Waals surface area contributed by atoms with Crippen molar-refractivity contribution in [3.63, 3.8) is 0 Å². The molecule has 76 heavy (non-hydrogen) atoms. The minimum atomic E-state index is -2.43. The maximum Gasteiger partial charge on any atom is 0.119 e. The molecule has 0 aromatic carbocycles. The van der Waals surface area contributed by atoms with E-state index in [0.717, 1.165) is 82.1 Å². The molecule has 16 heteroatoms. The van der Waals surface area contributed by atoms with Crippen LogP contribution in [0.5, 0.6) is 0 Å². The Morgan fingerprint density at radius 1 is 0.211 bits per heavy atom. The Hall–Kier alpha value is 4.00. The van der Waals surface area contributed by atoms with E-state index in [9.17, 15) is 0 Å². The Morgan fingerprint density at radius 2 is 0.316 bits per heavy atom. The highest BCUT2D eigenvalue weighted by molar-refractivity contribution is 9.41. The molecule has 0 N–H and O–H groups in total. The van der Waals surface area contributed by atoms with Gasteiger partial charge in [0.25, 0.3) is 0 Å². The normalized spacial score (nSPS) is 29.8. The molecule has 0 aliphatic carbocycles. The molecular weight excluding hydrogens is 1270 g/mol. The predicted octanol–water partition coefficient (Wildman–Crippen LogP) is 21.9. The fourth-order valence-corrected chi connectivity index (χ4v) is 1340. The summed E-state index contributed by atoms with van der Waals surface area (Å²) in [5, 5.41) is 0. The monoisotopic (exact) mass is 1410 g/mol. The van der Waals surface area contributed by atoms with Gasteiger partial charge in [-0.2, -0.15) is 0 Å². The molecule has 0 spiro atoms. The Morgan fingerprint density at radius 3 is 0.382 bits per heavy atom. The Labute approximate surface area is 507 Å². The summed E-state index contributed by atoms with van der Waals surface area (Å²) < 4.78 is 0. The zero-order valence-electron chi connectivity index (χ0n) is 58.3. The summed E-state index contributed by atoms with van der Waals surface area (Å²) in [5.41, 5.74) is -3.09. The Balaban J connectivity index is 2.84. The van der Waals surface area contributed by atoms with Gasteiger partial charge in [0.1, 0.15) is 11.5 Å². The highest BCUT2D eigenvalue weighted by Gasteiger charge is 3.17. The van der Waals surface area contributed by atoms with Gasteiger partial charge in [-0.3, -0.25) is 0 Å². The fourth-order valence-electron chi connectivity index (χ4n) is 28.0. The third-order valence-corrected chi connectivity index (χ3v) is 593. The van der Waals surface area contributed by atoms with Crippen molar-refractivity contribution in [1.29, 1.82) is 0 Å². The van der Waals surface area contributed by atoms with Gasteiger partial charge in [0, 0.05) is 82.4 Å². The van der Waals surface area contributed by atoms with Crippen molar-refractivity contribution >= 4 is 124 Å². The van der Waals surface area contributed by atoms with Crippen molar-refractivity contribution in [1.82, 2.24) is 0 Å². The Bertz CT molecular complexity index is 1600. The van der Waals surface area contributed by atoms with Gasteiger partial charge in [-0.05, 0) is 82.1 Å². The van der Waals surface area contributed by atoms with Crippen LogP contribution >= 0.6 is 30.6 Å². The van der Waals surface area contributed by atoms with Crippen molar-refractivity contribution in [3.05, 3.63) is 0 Å². The molecule has 0 aromatic rings. The summed E-state index contributed by atoms with van der Waals surface area (Å²) >= 11 is 12.9. The summed E-state index contributed by atoms with van der Waals surface area (Å²) in [5.74, 6) is 10.4. The first kappa shape index (κ1) is 72.5. The molecule has 0 aromatic heterocycles. The molecule has 6 heterocycles. The topological polar surface area (TPSA) is 0 Å². The smallest absolute Gasteiger partial charge is 0.119 e. The van der Waals surface area contributed by atoms with Gasteiger partial charge < -0.3 is 0 Å². The molecule has 2 atom stereocenters. The van der Waals surface area contributed by atoms with E-state index in [1.165, 1.54) is 0 Å². The molecule has 0 radical (unpaired) electrons. The van der Waals surface area contributed by atoms with E-state index in [-0.39, 0.29) is 0 Å². The fraction of sp³-hybridized carbons (Fsp3) is 1.00. The summed E-state index contributed by atoms with van der Waals surface area (Å²) in [4.78, 5) is 0. The molecular formula is C60H140Br2Si14. The van der Waals surface area contributed by atoms with Crippen LogP contribution in [0.1, 0.15) is 194 Å². The van der Waals surface area contributed by atoms with Crippen molar-refractivity contribution in [2.24, 2.45) is 71.0 Å². The van der Waals surface area contributed by atoms with Gasteiger partial charge in [0.2, 0.25) is 0 Å². The van der Waals surface area contributed by atoms with Gasteiger partial charge >= 0.3 is 0 Å². The van der Waals surface area contributed by atoms with E-state index in [1.54, 1.807) is 72.5 Å². The minimum absolute atomic E-state index is 0.870. The van der Waals surface area contributed by atoms with Crippen LogP contribution in [0.15, 0.2) is 0 Å². The maximum atomic E-state index is 6.44. The third-order valence-electron chi connectivity index (χ3n) is 23.2. The average molecular weight is 1410 g/mol. The predicted molar refractivity (Wildman–Crippen MR) is 400 cm³/mol. The summed E-state index contributed by atoms with van der Waals surface area (Å²) in [7, 11) is -14.5.